The second kappa shape index (κ2) is 7.33. The van der Waals surface area contributed by atoms with Crippen LogP contribution in [0.15, 0.2) is 18.2 Å². The average Bonchev–Trinajstić information content (AvgIpc) is 2.40. The monoisotopic (exact) mass is 295 g/mol. The molecule has 1 rings (SSSR count). The Morgan fingerprint density at radius 1 is 1.43 bits per heavy atom. The van der Waals surface area contributed by atoms with E-state index in [2.05, 4.69) is 5.32 Å². The summed E-state index contributed by atoms with van der Waals surface area (Å²) in [7, 11) is 0. The number of nitriles is 1. The Morgan fingerprint density at radius 3 is 2.62 bits per heavy atom. The van der Waals surface area contributed by atoms with E-state index in [4.69, 9.17) is 11.0 Å². The van der Waals surface area contributed by atoms with Crippen LogP contribution >= 0.6 is 0 Å². The molecule has 0 spiro atoms. The zero-order valence-corrected chi connectivity index (χ0v) is 11.4. The standard InChI is InChI=1S/C14H15F2N3O2/c1-8(7-17)4-12(14(18)21)19-13(20)5-9-2-3-10(15)6-11(9)16/h2-3,6,8,12H,4-5H2,1H3,(H2,18,21)(H,19,20)/t8-,12-/m1/s1. The Balaban J connectivity index is 2.70. The van der Waals surface area contributed by atoms with Gasteiger partial charge in [-0.1, -0.05) is 6.07 Å². The van der Waals surface area contributed by atoms with E-state index in [0.29, 0.717) is 6.07 Å². The summed E-state index contributed by atoms with van der Waals surface area (Å²) in [4.78, 5) is 23.0. The van der Waals surface area contributed by atoms with Crippen LogP contribution in [0, 0.1) is 28.9 Å². The zero-order valence-electron chi connectivity index (χ0n) is 11.4. The van der Waals surface area contributed by atoms with Crippen molar-refractivity contribution in [2.75, 3.05) is 0 Å². The molecule has 0 aromatic heterocycles. The van der Waals surface area contributed by atoms with Crippen LogP contribution in [0.4, 0.5) is 8.78 Å². The Morgan fingerprint density at radius 2 is 2.10 bits per heavy atom. The van der Waals surface area contributed by atoms with Crippen molar-refractivity contribution in [2.24, 2.45) is 11.7 Å². The van der Waals surface area contributed by atoms with E-state index >= 15 is 0 Å². The number of halogens is 2. The van der Waals surface area contributed by atoms with Gasteiger partial charge in [0.25, 0.3) is 0 Å². The number of hydrogen-bond acceptors (Lipinski definition) is 3. The number of rotatable bonds is 6. The first-order chi connectivity index (χ1) is 9.83. The van der Waals surface area contributed by atoms with Gasteiger partial charge in [-0.05, 0) is 25.0 Å². The summed E-state index contributed by atoms with van der Waals surface area (Å²) in [5.74, 6) is -3.45. The Hall–Kier alpha value is -2.49. The molecule has 21 heavy (non-hydrogen) atoms. The van der Waals surface area contributed by atoms with Gasteiger partial charge in [0.2, 0.25) is 11.8 Å². The molecule has 3 N–H and O–H groups in total. The van der Waals surface area contributed by atoms with Gasteiger partial charge in [0.15, 0.2) is 0 Å². The Kier molecular flexibility index (Phi) is 5.79. The number of nitrogens with two attached hydrogens (primary N) is 1. The molecule has 7 heteroatoms. The molecule has 0 saturated heterocycles. The highest BCUT2D eigenvalue weighted by molar-refractivity contribution is 5.87. The number of amides is 2. The molecule has 0 aliphatic heterocycles. The summed E-state index contributed by atoms with van der Waals surface area (Å²) in [6, 6.07) is 3.79. The van der Waals surface area contributed by atoms with Gasteiger partial charge in [-0.3, -0.25) is 9.59 Å². The number of carbonyl (C=O) groups is 2. The van der Waals surface area contributed by atoms with Gasteiger partial charge in [-0.25, -0.2) is 8.78 Å². The summed E-state index contributed by atoms with van der Waals surface area (Å²) in [5.41, 5.74) is 5.15. The van der Waals surface area contributed by atoms with Crippen molar-refractivity contribution in [2.45, 2.75) is 25.8 Å². The molecule has 0 fully saturated rings. The van der Waals surface area contributed by atoms with Crippen LogP contribution in [0.1, 0.15) is 18.9 Å². The van der Waals surface area contributed by atoms with E-state index in [-0.39, 0.29) is 18.4 Å². The van der Waals surface area contributed by atoms with E-state index in [0.717, 1.165) is 12.1 Å². The van der Waals surface area contributed by atoms with Gasteiger partial charge in [-0.2, -0.15) is 5.26 Å². The summed E-state index contributed by atoms with van der Waals surface area (Å²) in [6.45, 7) is 1.59. The van der Waals surface area contributed by atoms with Crippen LogP contribution in [0.25, 0.3) is 0 Å². The quantitative estimate of drug-likeness (QED) is 0.820. The molecule has 112 valence electrons. The van der Waals surface area contributed by atoms with Crippen LogP contribution in [-0.2, 0) is 16.0 Å². The Labute approximate surface area is 120 Å². The first kappa shape index (κ1) is 16.6. The fourth-order valence-corrected chi connectivity index (χ4v) is 1.74. The van der Waals surface area contributed by atoms with E-state index < -0.39 is 35.4 Å². The molecule has 0 unspecified atom stereocenters. The van der Waals surface area contributed by atoms with Crippen molar-refractivity contribution >= 4 is 11.8 Å². The number of benzene rings is 1. The topological polar surface area (TPSA) is 96.0 Å². The van der Waals surface area contributed by atoms with E-state index in [1.54, 1.807) is 6.92 Å². The summed E-state index contributed by atoms with van der Waals surface area (Å²) in [5, 5.41) is 11.0. The second-order valence-electron chi connectivity index (χ2n) is 4.70. The third-order valence-corrected chi connectivity index (χ3v) is 2.85. The first-order valence-corrected chi connectivity index (χ1v) is 6.25. The lowest BCUT2D eigenvalue weighted by Gasteiger charge is -2.16. The second-order valence-corrected chi connectivity index (χ2v) is 4.70. The van der Waals surface area contributed by atoms with Gasteiger partial charge < -0.3 is 11.1 Å². The largest absolute Gasteiger partial charge is 0.368 e. The minimum Gasteiger partial charge on any atom is -0.368 e. The van der Waals surface area contributed by atoms with Gasteiger partial charge >= 0.3 is 0 Å². The zero-order chi connectivity index (χ0) is 16.0. The number of primary amides is 1. The van der Waals surface area contributed by atoms with E-state index in [9.17, 15) is 18.4 Å². The smallest absolute Gasteiger partial charge is 0.240 e. The third kappa shape index (κ3) is 5.18. The number of carbonyl (C=O) groups excluding carboxylic acids is 2. The first-order valence-electron chi connectivity index (χ1n) is 6.25. The highest BCUT2D eigenvalue weighted by atomic mass is 19.1. The van der Waals surface area contributed by atoms with E-state index in [1.807, 2.05) is 6.07 Å². The van der Waals surface area contributed by atoms with Gasteiger partial charge in [0.05, 0.1) is 12.5 Å². The maximum atomic E-state index is 13.4. The highest BCUT2D eigenvalue weighted by Crippen LogP contribution is 2.11. The predicted molar refractivity (Wildman–Crippen MR) is 70.6 cm³/mol. The highest BCUT2D eigenvalue weighted by Gasteiger charge is 2.21. The van der Waals surface area contributed by atoms with Crippen molar-refractivity contribution < 1.29 is 18.4 Å². The number of nitrogens with zero attached hydrogens (tertiary/aromatic N) is 1. The SMILES string of the molecule is C[C@@H](C#N)C[C@@H](NC(=O)Cc1ccc(F)cc1F)C(N)=O. The molecule has 2 amide bonds. The van der Waals surface area contributed by atoms with E-state index in [1.165, 1.54) is 0 Å². The fourth-order valence-electron chi connectivity index (χ4n) is 1.74. The lowest BCUT2D eigenvalue weighted by Crippen LogP contribution is -2.45. The molecule has 0 aliphatic rings. The maximum absolute atomic E-state index is 13.4. The molecular formula is C14H15F2N3O2. The van der Waals surface area contributed by atoms with Gasteiger partial charge in [0, 0.05) is 12.0 Å². The molecule has 0 radical (unpaired) electrons. The number of hydrogen-bond donors (Lipinski definition) is 2. The lowest BCUT2D eigenvalue weighted by atomic mass is 10.0. The normalized spacial score (nSPS) is 13.0. The van der Waals surface area contributed by atoms with Crippen molar-refractivity contribution in [1.29, 1.82) is 5.26 Å². The lowest BCUT2D eigenvalue weighted by molar-refractivity contribution is -0.127. The predicted octanol–water partition coefficient (Wildman–Crippen LogP) is 1.03. The van der Waals surface area contributed by atoms with Gasteiger partial charge in [-0.15, -0.1) is 0 Å². The van der Waals surface area contributed by atoms with Crippen LogP contribution in [0.5, 0.6) is 0 Å². The summed E-state index contributed by atoms with van der Waals surface area (Å²) < 4.78 is 26.2. The van der Waals surface area contributed by atoms with Crippen LogP contribution in [-0.4, -0.2) is 17.9 Å². The molecule has 0 aliphatic carbocycles. The number of nitrogens with one attached hydrogen (secondary N) is 1. The summed E-state index contributed by atoms with van der Waals surface area (Å²) >= 11 is 0. The minimum atomic E-state index is -1.00. The minimum absolute atomic E-state index is 0.00505. The average molecular weight is 295 g/mol. The van der Waals surface area contributed by atoms with Crippen molar-refractivity contribution in [1.82, 2.24) is 5.32 Å². The molecule has 0 heterocycles. The van der Waals surface area contributed by atoms with Crippen LogP contribution < -0.4 is 11.1 Å². The molecule has 0 saturated carbocycles. The fraction of sp³-hybridized carbons (Fsp3) is 0.357. The molecular weight excluding hydrogens is 280 g/mol. The van der Waals surface area contributed by atoms with Crippen LogP contribution in [0.3, 0.4) is 0 Å². The molecule has 0 bridgehead atoms. The third-order valence-electron chi connectivity index (χ3n) is 2.85. The summed E-state index contributed by atoms with van der Waals surface area (Å²) in [6.07, 6.45) is -0.277. The molecule has 2 atom stereocenters. The van der Waals surface area contributed by atoms with Crippen molar-refractivity contribution in [3.8, 4) is 6.07 Å². The van der Waals surface area contributed by atoms with Crippen molar-refractivity contribution in [3.63, 3.8) is 0 Å². The Bertz CT molecular complexity index is 584. The maximum Gasteiger partial charge on any atom is 0.240 e. The van der Waals surface area contributed by atoms with Crippen molar-refractivity contribution in [3.05, 3.63) is 35.4 Å². The van der Waals surface area contributed by atoms with Gasteiger partial charge in [0.1, 0.15) is 17.7 Å². The molecule has 1 aromatic carbocycles. The van der Waals surface area contributed by atoms with Crippen LogP contribution in [0.2, 0.25) is 0 Å². The molecule has 1 aromatic rings. The molecule has 5 nitrogen and oxygen atoms in total.